The quantitative estimate of drug-likeness (QED) is 0.514. The summed E-state index contributed by atoms with van der Waals surface area (Å²) in [7, 11) is 0. The third kappa shape index (κ3) is 2.23. The third-order valence-corrected chi connectivity index (χ3v) is 3.35. The smallest absolute Gasteiger partial charge is 0.270 e. The fourth-order valence-corrected chi connectivity index (χ4v) is 2.62. The molecular weight excluding hydrogens is 246 g/mol. The molecular formula is C17H17N3. The minimum Gasteiger partial charge on any atom is -0.298 e. The van der Waals surface area contributed by atoms with Gasteiger partial charge < -0.3 is 0 Å². The Kier molecular flexibility index (Phi) is 3.11. The zero-order valence-corrected chi connectivity index (χ0v) is 12.0. The first-order chi connectivity index (χ1) is 9.65. The van der Waals surface area contributed by atoms with Crippen molar-refractivity contribution in [3.63, 3.8) is 0 Å². The Balaban J connectivity index is 2.07. The van der Waals surface area contributed by atoms with Crippen LogP contribution in [0, 0.1) is 27.1 Å². The Morgan fingerprint density at radius 2 is 1.85 bits per heavy atom. The van der Waals surface area contributed by atoms with Crippen LogP contribution < -0.4 is 4.57 Å². The van der Waals surface area contributed by atoms with Crippen LogP contribution in [-0.4, -0.2) is 9.55 Å². The van der Waals surface area contributed by atoms with Crippen LogP contribution in [0.15, 0.2) is 48.9 Å². The molecule has 0 aliphatic carbocycles. The van der Waals surface area contributed by atoms with Gasteiger partial charge in [-0.3, -0.25) is 14.1 Å². The van der Waals surface area contributed by atoms with Crippen LogP contribution in [-0.2, 0) is 0 Å². The van der Waals surface area contributed by atoms with E-state index >= 15 is 0 Å². The van der Waals surface area contributed by atoms with E-state index in [1.807, 2.05) is 39.7 Å². The summed E-state index contributed by atoms with van der Waals surface area (Å²) in [6, 6.07) is 10.2. The SMILES string of the molecule is Cc1cc(C)c(-[n+]2[c-]n(-c3ccccn3)cc2)c(C)c1. The Labute approximate surface area is 119 Å². The van der Waals surface area contributed by atoms with Gasteiger partial charge in [-0.2, -0.15) is 0 Å². The number of rotatable bonds is 2. The first kappa shape index (κ1) is 12.6. The lowest BCUT2D eigenvalue weighted by Crippen LogP contribution is -2.30. The summed E-state index contributed by atoms with van der Waals surface area (Å²) in [6.07, 6.45) is 9.09. The molecule has 0 unspecified atom stereocenters. The van der Waals surface area contributed by atoms with E-state index in [0.29, 0.717) is 0 Å². The second kappa shape index (κ2) is 4.93. The molecule has 0 spiro atoms. The summed E-state index contributed by atoms with van der Waals surface area (Å²) < 4.78 is 3.93. The van der Waals surface area contributed by atoms with Gasteiger partial charge in [0.2, 0.25) is 0 Å². The molecule has 0 saturated heterocycles. The number of aromatic nitrogens is 3. The average molecular weight is 263 g/mol. The van der Waals surface area contributed by atoms with Gasteiger partial charge in [0.05, 0.1) is 5.69 Å². The molecule has 3 rings (SSSR count). The maximum Gasteiger partial charge on any atom is 0.270 e. The van der Waals surface area contributed by atoms with E-state index in [2.05, 4.69) is 44.2 Å². The molecule has 2 heterocycles. The number of hydrogen-bond donors (Lipinski definition) is 0. The van der Waals surface area contributed by atoms with E-state index in [1.54, 1.807) is 6.20 Å². The molecule has 0 aliphatic heterocycles. The maximum absolute atomic E-state index is 4.33. The zero-order chi connectivity index (χ0) is 14.1. The van der Waals surface area contributed by atoms with Gasteiger partial charge in [0.1, 0.15) is 0 Å². The molecule has 20 heavy (non-hydrogen) atoms. The molecule has 3 nitrogen and oxygen atoms in total. The van der Waals surface area contributed by atoms with E-state index in [0.717, 1.165) is 5.82 Å². The molecule has 0 radical (unpaired) electrons. The molecule has 0 aliphatic rings. The van der Waals surface area contributed by atoms with E-state index in [-0.39, 0.29) is 0 Å². The Morgan fingerprint density at radius 1 is 1.10 bits per heavy atom. The minimum absolute atomic E-state index is 0.869. The topological polar surface area (TPSA) is 21.7 Å². The number of pyridine rings is 1. The van der Waals surface area contributed by atoms with Crippen molar-refractivity contribution in [2.75, 3.05) is 0 Å². The molecule has 0 bridgehead atoms. The minimum atomic E-state index is 0.869. The Morgan fingerprint density at radius 3 is 2.50 bits per heavy atom. The average Bonchev–Trinajstić information content (AvgIpc) is 2.88. The van der Waals surface area contributed by atoms with Crippen molar-refractivity contribution < 1.29 is 4.57 Å². The van der Waals surface area contributed by atoms with E-state index in [1.165, 1.54) is 22.4 Å². The number of nitrogens with zero attached hydrogens (tertiary/aromatic N) is 3. The van der Waals surface area contributed by atoms with Crippen LogP contribution >= 0.6 is 0 Å². The summed E-state index contributed by atoms with van der Waals surface area (Å²) >= 11 is 0. The standard InChI is InChI=1S/C17H17N3/c1-13-10-14(2)17(15(3)11-13)20-9-8-19(12-20)16-6-4-5-7-18-16/h4-11H,1-3H3. The predicted molar refractivity (Wildman–Crippen MR) is 78.1 cm³/mol. The second-order valence-electron chi connectivity index (χ2n) is 5.07. The fourth-order valence-electron chi connectivity index (χ4n) is 2.62. The van der Waals surface area contributed by atoms with Gasteiger partial charge in [-0.15, -0.1) is 0 Å². The van der Waals surface area contributed by atoms with Gasteiger partial charge in [-0.1, -0.05) is 23.8 Å². The molecule has 0 N–H and O–H groups in total. The Hall–Kier alpha value is -2.42. The highest BCUT2D eigenvalue weighted by Crippen LogP contribution is 2.16. The number of imidazole rings is 1. The lowest BCUT2D eigenvalue weighted by Gasteiger charge is -2.11. The maximum atomic E-state index is 4.33. The van der Waals surface area contributed by atoms with Crippen molar-refractivity contribution in [2.24, 2.45) is 0 Å². The van der Waals surface area contributed by atoms with Crippen molar-refractivity contribution in [3.05, 3.63) is 71.9 Å². The molecule has 0 amide bonds. The zero-order valence-electron chi connectivity index (χ0n) is 12.0. The van der Waals surface area contributed by atoms with Crippen molar-refractivity contribution in [3.8, 4) is 11.5 Å². The first-order valence-electron chi connectivity index (χ1n) is 6.67. The number of hydrogen-bond acceptors (Lipinski definition) is 1. The van der Waals surface area contributed by atoms with E-state index in [9.17, 15) is 0 Å². The van der Waals surface area contributed by atoms with Crippen LogP contribution in [0.2, 0.25) is 0 Å². The van der Waals surface area contributed by atoms with Gasteiger partial charge in [-0.25, -0.2) is 0 Å². The second-order valence-corrected chi connectivity index (χ2v) is 5.07. The van der Waals surface area contributed by atoms with Crippen molar-refractivity contribution in [1.82, 2.24) is 9.55 Å². The van der Waals surface area contributed by atoms with E-state index < -0.39 is 0 Å². The highest BCUT2D eigenvalue weighted by Gasteiger charge is 2.08. The molecule has 3 aromatic rings. The monoisotopic (exact) mass is 263 g/mol. The van der Waals surface area contributed by atoms with Crippen LogP contribution in [0.3, 0.4) is 0 Å². The largest absolute Gasteiger partial charge is 0.298 e. The van der Waals surface area contributed by atoms with Crippen LogP contribution in [0.4, 0.5) is 0 Å². The van der Waals surface area contributed by atoms with Crippen molar-refractivity contribution in [1.29, 1.82) is 0 Å². The van der Waals surface area contributed by atoms with Gasteiger partial charge >= 0.3 is 0 Å². The molecule has 0 saturated carbocycles. The fraction of sp³-hybridized carbons (Fsp3) is 0.176. The molecule has 0 atom stereocenters. The van der Waals surface area contributed by atoms with Crippen LogP contribution in [0.25, 0.3) is 11.5 Å². The predicted octanol–water partition coefficient (Wildman–Crippen LogP) is 2.87. The number of benzene rings is 1. The van der Waals surface area contributed by atoms with Gasteiger partial charge in [0, 0.05) is 18.6 Å². The van der Waals surface area contributed by atoms with Gasteiger partial charge in [0.25, 0.3) is 6.33 Å². The first-order valence-corrected chi connectivity index (χ1v) is 6.67. The summed E-state index contributed by atoms with van der Waals surface area (Å²) in [5, 5.41) is 0. The lowest BCUT2D eigenvalue weighted by atomic mass is 10.1. The normalized spacial score (nSPS) is 10.8. The summed E-state index contributed by atoms with van der Waals surface area (Å²) in [5.41, 5.74) is 4.98. The molecule has 100 valence electrons. The molecule has 1 aromatic carbocycles. The lowest BCUT2D eigenvalue weighted by molar-refractivity contribution is -0.600. The summed E-state index contributed by atoms with van der Waals surface area (Å²) in [4.78, 5) is 4.33. The molecule has 0 fully saturated rings. The van der Waals surface area contributed by atoms with Gasteiger partial charge in [-0.05, 0) is 44.0 Å². The van der Waals surface area contributed by atoms with E-state index in [4.69, 9.17) is 0 Å². The van der Waals surface area contributed by atoms with Crippen molar-refractivity contribution >= 4 is 0 Å². The van der Waals surface area contributed by atoms with Crippen molar-refractivity contribution in [2.45, 2.75) is 20.8 Å². The molecule has 2 aromatic heterocycles. The van der Waals surface area contributed by atoms with Crippen LogP contribution in [0.1, 0.15) is 16.7 Å². The third-order valence-electron chi connectivity index (χ3n) is 3.35. The Bertz CT molecular complexity index is 719. The van der Waals surface area contributed by atoms with Gasteiger partial charge in [0.15, 0.2) is 5.82 Å². The highest BCUT2D eigenvalue weighted by molar-refractivity contribution is 5.43. The molecule has 3 heteroatoms. The summed E-state index contributed by atoms with van der Waals surface area (Å²) in [6.45, 7) is 6.39. The highest BCUT2D eigenvalue weighted by atomic mass is 15.2. The van der Waals surface area contributed by atoms with Crippen LogP contribution in [0.5, 0.6) is 0 Å². The number of aryl methyl sites for hydroxylation is 3. The summed E-state index contributed by atoms with van der Waals surface area (Å²) in [5.74, 6) is 0.869.